The highest BCUT2D eigenvalue weighted by Gasteiger charge is 2.34. The number of aromatic nitrogens is 1. The maximum atomic E-state index is 12.4. The molecule has 0 saturated carbocycles. The number of nitrogens with zero attached hydrogens (tertiary/aromatic N) is 1. The van der Waals surface area contributed by atoms with Crippen LogP contribution in [0.5, 0.6) is 0 Å². The third-order valence-electron chi connectivity index (χ3n) is 3.04. The normalized spacial score (nSPS) is 26.4. The predicted octanol–water partition coefficient (Wildman–Crippen LogP) is 0.305. The van der Waals surface area contributed by atoms with Gasteiger partial charge in [0.1, 0.15) is 0 Å². The molecule has 0 spiro atoms. The third kappa shape index (κ3) is 2.44. The lowest BCUT2D eigenvalue weighted by atomic mass is 10.2. The number of aromatic amines is 1. The minimum absolute atomic E-state index is 0.104. The van der Waals surface area contributed by atoms with E-state index in [0.717, 1.165) is 0 Å². The Kier molecular flexibility index (Phi) is 3.76. The smallest absolute Gasteiger partial charge is 0.244 e. The van der Waals surface area contributed by atoms with Gasteiger partial charge < -0.3 is 14.8 Å². The van der Waals surface area contributed by atoms with Crippen molar-refractivity contribution < 1.29 is 18.3 Å². The van der Waals surface area contributed by atoms with Crippen LogP contribution in [0.2, 0.25) is 0 Å². The number of hydrogen-bond acceptors (Lipinski definition) is 4. The van der Waals surface area contributed by atoms with Gasteiger partial charge in [0.05, 0.1) is 24.2 Å². The van der Waals surface area contributed by atoms with Crippen LogP contribution >= 0.6 is 0 Å². The summed E-state index contributed by atoms with van der Waals surface area (Å²) in [5, 5.41) is 8.96. The second-order valence-corrected chi connectivity index (χ2v) is 6.48. The molecule has 0 bridgehead atoms. The minimum atomic E-state index is -3.52. The van der Waals surface area contributed by atoms with E-state index in [1.165, 1.54) is 16.6 Å². The van der Waals surface area contributed by atoms with Crippen LogP contribution in [0.3, 0.4) is 0 Å². The van der Waals surface area contributed by atoms with E-state index in [4.69, 9.17) is 9.84 Å². The topological polar surface area (TPSA) is 82.6 Å². The summed E-state index contributed by atoms with van der Waals surface area (Å²) in [6.45, 7) is 4.22. The lowest BCUT2D eigenvalue weighted by Crippen LogP contribution is -2.49. The first kappa shape index (κ1) is 13.5. The molecule has 2 atom stereocenters. The molecule has 2 rings (SSSR count). The molecule has 2 heterocycles. The summed E-state index contributed by atoms with van der Waals surface area (Å²) >= 11 is 0. The maximum absolute atomic E-state index is 12.4. The second-order valence-electron chi connectivity index (χ2n) is 4.59. The Bertz CT molecular complexity index is 511. The van der Waals surface area contributed by atoms with Crippen molar-refractivity contribution in [1.82, 2.24) is 9.29 Å². The molecule has 7 heteroatoms. The van der Waals surface area contributed by atoms with Gasteiger partial charge in [-0.05, 0) is 19.9 Å². The van der Waals surface area contributed by atoms with Crippen molar-refractivity contribution in [2.24, 2.45) is 0 Å². The largest absolute Gasteiger partial charge is 0.390 e. The Hall–Kier alpha value is -0.890. The number of aliphatic hydroxyl groups is 1. The molecule has 1 aliphatic rings. The van der Waals surface area contributed by atoms with Crippen molar-refractivity contribution in [1.29, 1.82) is 0 Å². The standard InChI is InChI=1S/C11H18N2O4S/c1-8-7-17-9(2)5-13(8)18(15,16)11-3-10(6-14)12-4-11/h3-4,8-9,12,14H,5-7H2,1-2H3. The lowest BCUT2D eigenvalue weighted by Gasteiger charge is -2.35. The number of H-pyrrole nitrogens is 1. The van der Waals surface area contributed by atoms with Gasteiger partial charge in [0, 0.05) is 24.5 Å². The molecule has 0 aliphatic carbocycles. The van der Waals surface area contributed by atoms with E-state index < -0.39 is 10.0 Å². The summed E-state index contributed by atoms with van der Waals surface area (Å²) in [6.07, 6.45) is 1.31. The highest BCUT2D eigenvalue weighted by atomic mass is 32.2. The highest BCUT2D eigenvalue weighted by molar-refractivity contribution is 7.89. The second kappa shape index (κ2) is 5.00. The van der Waals surface area contributed by atoms with Gasteiger partial charge in [-0.1, -0.05) is 0 Å². The number of rotatable bonds is 3. The van der Waals surface area contributed by atoms with E-state index in [-0.39, 0.29) is 23.6 Å². The first-order valence-electron chi connectivity index (χ1n) is 5.86. The number of sulfonamides is 1. The van der Waals surface area contributed by atoms with Crippen LogP contribution in [0.15, 0.2) is 17.2 Å². The molecule has 2 unspecified atom stereocenters. The van der Waals surface area contributed by atoms with E-state index in [2.05, 4.69) is 4.98 Å². The number of nitrogens with one attached hydrogen (secondary N) is 1. The molecule has 2 N–H and O–H groups in total. The average molecular weight is 274 g/mol. The fourth-order valence-electron chi connectivity index (χ4n) is 2.00. The first-order valence-corrected chi connectivity index (χ1v) is 7.30. The van der Waals surface area contributed by atoms with E-state index >= 15 is 0 Å². The summed E-state index contributed by atoms with van der Waals surface area (Å²) in [7, 11) is -3.52. The van der Waals surface area contributed by atoms with Crippen LogP contribution in [0.1, 0.15) is 19.5 Å². The van der Waals surface area contributed by atoms with Crippen LogP contribution in [0, 0.1) is 0 Å². The van der Waals surface area contributed by atoms with Crippen molar-refractivity contribution in [3.63, 3.8) is 0 Å². The van der Waals surface area contributed by atoms with Crippen LogP contribution in [-0.4, -0.2) is 48.1 Å². The number of morpholine rings is 1. The van der Waals surface area contributed by atoms with Crippen molar-refractivity contribution in [3.05, 3.63) is 18.0 Å². The molecule has 102 valence electrons. The maximum Gasteiger partial charge on any atom is 0.244 e. The zero-order valence-electron chi connectivity index (χ0n) is 10.5. The minimum Gasteiger partial charge on any atom is -0.390 e. The molecule has 1 aromatic heterocycles. The Morgan fingerprint density at radius 2 is 2.28 bits per heavy atom. The van der Waals surface area contributed by atoms with Crippen LogP contribution < -0.4 is 0 Å². The van der Waals surface area contributed by atoms with Gasteiger partial charge in [-0.15, -0.1) is 0 Å². The van der Waals surface area contributed by atoms with Crippen molar-refractivity contribution in [2.75, 3.05) is 13.2 Å². The van der Waals surface area contributed by atoms with Crippen LogP contribution in [0.25, 0.3) is 0 Å². The number of aliphatic hydroxyl groups excluding tert-OH is 1. The van der Waals surface area contributed by atoms with Gasteiger partial charge >= 0.3 is 0 Å². The van der Waals surface area contributed by atoms with E-state index in [1.807, 2.05) is 13.8 Å². The molecule has 6 nitrogen and oxygen atoms in total. The van der Waals surface area contributed by atoms with E-state index in [0.29, 0.717) is 18.8 Å². The van der Waals surface area contributed by atoms with Gasteiger partial charge in [0.2, 0.25) is 10.0 Å². The fraction of sp³-hybridized carbons (Fsp3) is 0.636. The fourth-order valence-corrected chi connectivity index (χ4v) is 3.71. The van der Waals surface area contributed by atoms with E-state index in [9.17, 15) is 8.42 Å². The van der Waals surface area contributed by atoms with Crippen molar-refractivity contribution in [3.8, 4) is 0 Å². The Morgan fingerprint density at radius 1 is 1.56 bits per heavy atom. The Balaban J connectivity index is 2.29. The third-order valence-corrected chi connectivity index (χ3v) is 5.00. The highest BCUT2D eigenvalue weighted by Crippen LogP contribution is 2.22. The monoisotopic (exact) mass is 274 g/mol. The molecular formula is C11H18N2O4S. The first-order chi connectivity index (χ1) is 8.45. The molecule has 1 fully saturated rings. The van der Waals surface area contributed by atoms with Gasteiger partial charge in [-0.3, -0.25) is 0 Å². The van der Waals surface area contributed by atoms with E-state index in [1.54, 1.807) is 0 Å². The number of ether oxygens (including phenoxy) is 1. The van der Waals surface area contributed by atoms with Gasteiger partial charge in [0.15, 0.2) is 0 Å². The molecule has 1 aliphatic heterocycles. The predicted molar refractivity (Wildman–Crippen MR) is 65.5 cm³/mol. The average Bonchev–Trinajstić information content (AvgIpc) is 2.81. The number of hydrogen-bond donors (Lipinski definition) is 2. The molecule has 1 aromatic rings. The molecule has 1 saturated heterocycles. The molecule has 0 amide bonds. The van der Waals surface area contributed by atoms with Crippen molar-refractivity contribution in [2.45, 2.75) is 37.5 Å². The quantitative estimate of drug-likeness (QED) is 0.830. The summed E-state index contributed by atoms with van der Waals surface area (Å²) in [4.78, 5) is 2.93. The lowest BCUT2D eigenvalue weighted by molar-refractivity contribution is -0.0170. The summed E-state index contributed by atoms with van der Waals surface area (Å²) in [5.74, 6) is 0. The molecule has 0 radical (unpaired) electrons. The molecule has 18 heavy (non-hydrogen) atoms. The Morgan fingerprint density at radius 3 is 2.89 bits per heavy atom. The van der Waals surface area contributed by atoms with Gasteiger partial charge in [0.25, 0.3) is 0 Å². The molecule has 0 aromatic carbocycles. The van der Waals surface area contributed by atoms with Crippen LogP contribution in [-0.2, 0) is 21.4 Å². The van der Waals surface area contributed by atoms with Gasteiger partial charge in [-0.25, -0.2) is 8.42 Å². The van der Waals surface area contributed by atoms with Crippen molar-refractivity contribution >= 4 is 10.0 Å². The summed E-state index contributed by atoms with van der Waals surface area (Å²) < 4.78 is 31.8. The zero-order chi connectivity index (χ0) is 13.3. The molecular weight excluding hydrogens is 256 g/mol. The van der Waals surface area contributed by atoms with Gasteiger partial charge in [-0.2, -0.15) is 4.31 Å². The SMILES string of the molecule is CC1CN(S(=O)(=O)c2c[nH]c(CO)c2)C(C)CO1. The summed E-state index contributed by atoms with van der Waals surface area (Å²) in [5.41, 5.74) is 0.488. The Labute approximate surface area is 107 Å². The van der Waals surface area contributed by atoms with Crippen LogP contribution in [0.4, 0.5) is 0 Å². The zero-order valence-corrected chi connectivity index (χ0v) is 11.3. The summed E-state index contributed by atoms with van der Waals surface area (Å²) in [6, 6.07) is 1.28.